The second-order valence-electron chi connectivity index (χ2n) is 6.39. The van der Waals surface area contributed by atoms with Crippen LogP contribution in [0.3, 0.4) is 0 Å². The Morgan fingerprint density at radius 2 is 2.04 bits per heavy atom. The fourth-order valence-electron chi connectivity index (χ4n) is 2.04. The van der Waals surface area contributed by atoms with E-state index in [2.05, 4.69) is 26.6 Å². The summed E-state index contributed by atoms with van der Waals surface area (Å²) in [5.74, 6) is 1.24. The molecule has 1 heterocycles. The Hall–Kier alpha value is -2.70. The van der Waals surface area contributed by atoms with Gasteiger partial charge in [0, 0.05) is 6.54 Å². The van der Waals surface area contributed by atoms with Crippen molar-refractivity contribution in [1.82, 2.24) is 20.3 Å². The zero-order valence-electron chi connectivity index (χ0n) is 14.8. The van der Waals surface area contributed by atoms with Gasteiger partial charge in [-0.1, -0.05) is 12.1 Å². The first-order valence-corrected chi connectivity index (χ1v) is 8.20. The molecule has 1 aromatic carbocycles. The van der Waals surface area contributed by atoms with E-state index >= 15 is 0 Å². The Kier molecular flexibility index (Phi) is 6.68. The van der Waals surface area contributed by atoms with E-state index in [-0.39, 0.29) is 0 Å². The van der Waals surface area contributed by atoms with Crippen molar-refractivity contribution < 1.29 is 14.3 Å². The van der Waals surface area contributed by atoms with Gasteiger partial charge in [0.05, 0.1) is 12.2 Å². The molecule has 1 radical (unpaired) electrons. The number of unbranched alkanes of at least 4 members (excludes halogenated alkanes) is 1. The molecule has 0 fully saturated rings. The molecule has 133 valence electrons. The highest BCUT2D eigenvalue weighted by molar-refractivity contribution is 5.67. The molecule has 0 bridgehead atoms. The monoisotopic (exact) mass is 343 g/mol. The molecule has 0 saturated carbocycles. The molecule has 2 rings (SSSR count). The lowest BCUT2D eigenvalue weighted by atomic mass is 10.2. The maximum absolute atomic E-state index is 11.5. The number of ether oxygens (including phenoxy) is 2. The van der Waals surface area contributed by atoms with Gasteiger partial charge in [0.15, 0.2) is 5.82 Å². The molecule has 0 unspecified atom stereocenters. The van der Waals surface area contributed by atoms with Gasteiger partial charge in [-0.25, -0.2) is 19.7 Å². The summed E-state index contributed by atoms with van der Waals surface area (Å²) >= 11 is 0. The first kappa shape index (κ1) is 18.6. The van der Waals surface area contributed by atoms with Crippen LogP contribution >= 0.6 is 0 Å². The highest BCUT2D eigenvalue weighted by Gasteiger charge is 2.15. The number of para-hydroxylation sites is 1. The second kappa shape index (κ2) is 8.96. The summed E-state index contributed by atoms with van der Waals surface area (Å²) in [6.07, 6.45) is 5.12. The van der Waals surface area contributed by atoms with Crippen LogP contribution in [0.25, 0.3) is 11.4 Å². The summed E-state index contributed by atoms with van der Waals surface area (Å²) in [6, 6.07) is 7.56. The maximum atomic E-state index is 11.5. The van der Waals surface area contributed by atoms with Crippen molar-refractivity contribution in [1.29, 1.82) is 0 Å². The van der Waals surface area contributed by atoms with Crippen molar-refractivity contribution in [3.63, 3.8) is 0 Å². The van der Waals surface area contributed by atoms with Gasteiger partial charge in [0.25, 0.3) is 0 Å². The van der Waals surface area contributed by atoms with Gasteiger partial charge in [-0.15, -0.1) is 0 Å². The lowest BCUT2D eigenvalue weighted by Gasteiger charge is -2.19. The van der Waals surface area contributed by atoms with E-state index in [1.807, 2.05) is 45.0 Å². The second-order valence-corrected chi connectivity index (χ2v) is 6.39. The largest absolute Gasteiger partial charge is 0.493 e. The zero-order chi connectivity index (χ0) is 18.1. The molecule has 1 N–H and O–H groups in total. The van der Waals surface area contributed by atoms with E-state index in [0.717, 1.165) is 18.4 Å². The van der Waals surface area contributed by atoms with E-state index in [1.165, 1.54) is 6.33 Å². The van der Waals surface area contributed by atoms with Crippen LogP contribution in [-0.4, -0.2) is 39.8 Å². The lowest BCUT2D eigenvalue weighted by molar-refractivity contribution is 0.0526. The van der Waals surface area contributed by atoms with Crippen molar-refractivity contribution in [2.45, 2.75) is 39.2 Å². The summed E-state index contributed by atoms with van der Waals surface area (Å²) < 4.78 is 11.0. The van der Waals surface area contributed by atoms with Gasteiger partial charge >= 0.3 is 6.09 Å². The average Bonchev–Trinajstić information content (AvgIpc) is 2.57. The van der Waals surface area contributed by atoms with Gasteiger partial charge in [-0.2, -0.15) is 0 Å². The number of benzene rings is 1. The quantitative estimate of drug-likeness (QED) is 0.778. The molecular formula is C18H23N4O3. The molecule has 1 amide bonds. The topological polar surface area (TPSA) is 86.2 Å². The Morgan fingerprint density at radius 3 is 2.76 bits per heavy atom. The van der Waals surface area contributed by atoms with Crippen LogP contribution in [0.5, 0.6) is 5.75 Å². The van der Waals surface area contributed by atoms with E-state index in [1.54, 1.807) is 0 Å². The average molecular weight is 343 g/mol. The number of carbonyl (C=O) groups is 1. The maximum Gasteiger partial charge on any atom is 0.407 e. The number of nitrogens with one attached hydrogen (secondary N) is 1. The van der Waals surface area contributed by atoms with E-state index < -0.39 is 11.7 Å². The lowest BCUT2D eigenvalue weighted by Crippen LogP contribution is -2.33. The standard InChI is InChI=1S/C18H23N4O3/c1-18(2,3)25-17(23)20-10-6-7-11-24-15-9-5-4-8-14(15)16-21-12-19-13-22-16/h4-5,8-9,12H,6-7,10-11H2,1-3H3,(H,20,23). The normalized spacial score (nSPS) is 11.0. The van der Waals surface area contributed by atoms with Crippen LogP contribution in [-0.2, 0) is 4.74 Å². The van der Waals surface area contributed by atoms with Crippen LogP contribution in [0.4, 0.5) is 4.79 Å². The number of amides is 1. The minimum Gasteiger partial charge on any atom is -0.493 e. The molecule has 7 heteroatoms. The van der Waals surface area contributed by atoms with E-state index in [0.29, 0.717) is 24.7 Å². The number of aromatic nitrogens is 3. The third kappa shape index (κ3) is 6.74. The van der Waals surface area contributed by atoms with Crippen LogP contribution in [0.2, 0.25) is 0 Å². The summed E-state index contributed by atoms with van der Waals surface area (Å²) in [7, 11) is 0. The van der Waals surface area contributed by atoms with Crippen LogP contribution in [0.1, 0.15) is 33.6 Å². The Balaban J connectivity index is 1.73. The fourth-order valence-corrected chi connectivity index (χ4v) is 2.04. The van der Waals surface area contributed by atoms with Crippen molar-refractivity contribution >= 4 is 6.09 Å². The van der Waals surface area contributed by atoms with Gasteiger partial charge in [0.1, 0.15) is 17.7 Å². The van der Waals surface area contributed by atoms with Crippen LogP contribution in [0, 0.1) is 6.33 Å². The highest BCUT2D eigenvalue weighted by Crippen LogP contribution is 2.26. The van der Waals surface area contributed by atoms with Gasteiger partial charge in [0.2, 0.25) is 6.33 Å². The smallest absolute Gasteiger partial charge is 0.407 e. The molecule has 0 atom stereocenters. The molecular weight excluding hydrogens is 320 g/mol. The first-order chi connectivity index (χ1) is 12.0. The molecule has 0 saturated heterocycles. The zero-order valence-corrected chi connectivity index (χ0v) is 14.8. The van der Waals surface area contributed by atoms with Crippen molar-refractivity contribution in [3.8, 4) is 17.1 Å². The number of rotatable bonds is 7. The summed E-state index contributed by atoms with van der Waals surface area (Å²) in [4.78, 5) is 23.4. The molecule has 0 aliphatic carbocycles. The minimum atomic E-state index is -0.483. The summed E-state index contributed by atoms with van der Waals surface area (Å²) in [6.45, 7) is 6.58. The summed E-state index contributed by atoms with van der Waals surface area (Å²) in [5.41, 5.74) is 0.316. The van der Waals surface area contributed by atoms with Gasteiger partial charge in [-0.05, 0) is 45.7 Å². The SMILES string of the molecule is CC(C)(C)OC(=O)NCCCCOc1ccccc1-c1n[c]ncn1. The third-order valence-corrected chi connectivity index (χ3v) is 3.08. The highest BCUT2D eigenvalue weighted by atomic mass is 16.6. The van der Waals surface area contributed by atoms with Crippen LogP contribution < -0.4 is 10.1 Å². The number of alkyl carbamates (subject to hydrolysis) is 1. The van der Waals surface area contributed by atoms with Gasteiger partial charge < -0.3 is 14.8 Å². The molecule has 0 spiro atoms. The molecule has 25 heavy (non-hydrogen) atoms. The van der Waals surface area contributed by atoms with Crippen molar-refractivity contribution in [2.75, 3.05) is 13.2 Å². The number of hydrogen-bond acceptors (Lipinski definition) is 6. The van der Waals surface area contributed by atoms with Crippen LogP contribution in [0.15, 0.2) is 30.6 Å². The van der Waals surface area contributed by atoms with Crippen molar-refractivity contribution in [2.24, 2.45) is 0 Å². The number of carbonyl (C=O) groups excluding carboxylic acids is 1. The van der Waals surface area contributed by atoms with Gasteiger partial charge in [-0.3, -0.25) is 0 Å². The molecule has 0 aliphatic rings. The predicted molar refractivity (Wildman–Crippen MR) is 93.1 cm³/mol. The first-order valence-electron chi connectivity index (χ1n) is 8.20. The number of hydrogen-bond donors (Lipinski definition) is 1. The van der Waals surface area contributed by atoms with Crippen molar-refractivity contribution in [3.05, 3.63) is 36.9 Å². The third-order valence-electron chi connectivity index (χ3n) is 3.08. The van der Waals surface area contributed by atoms with E-state index in [4.69, 9.17) is 9.47 Å². The summed E-state index contributed by atoms with van der Waals surface area (Å²) in [5, 5.41) is 2.73. The Morgan fingerprint density at radius 1 is 1.24 bits per heavy atom. The molecule has 2 aromatic rings. The van der Waals surface area contributed by atoms with E-state index in [9.17, 15) is 4.79 Å². The Bertz CT molecular complexity index is 672. The molecule has 1 aromatic heterocycles. The predicted octanol–water partition coefficient (Wildman–Crippen LogP) is 3.02. The fraction of sp³-hybridized carbons (Fsp3) is 0.444. The Labute approximate surface area is 147 Å². The number of nitrogens with zero attached hydrogens (tertiary/aromatic N) is 3. The molecule has 0 aliphatic heterocycles. The minimum absolute atomic E-state index is 0.398. The molecule has 7 nitrogen and oxygen atoms in total.